The topological polar surface area (TPSA) is 102 Å². The minimum absolute atomic E-state index is 0.0450. The number of rotatable bonds is 6. The van der Waals surface area contributed by atoms with Gasteiger partial charge in [0.25, 0.3) is 0 Å². The molecule has 3 aliphatic rings. The monoisotopic (exact) mass is 449 g/mol. The van der Waals surface area contributed by atoms with Crippen LogP contribution >= 0.6 is 0 Å². The number of carbonyl (C=O) groups excluding carboxylic acids is 2. The second-order valence-corrected chi connectivity index (χ2v) is 10.5. The van der Waals surface area contributed by atoms with Crippen molar-refractivity contribution in [2.45, 2.75) is 37.4 Å². The number of para-hydroxylation sites is 1. The zero-order valence-electron chi connectivity index (χ0n) is 17.9. The highest BCUT2D eigenvalue weighted by molar-refractivity contribution is 7.88. The van der Waals surface area contributed by atoms with Crippen LogP contribution in [0.2, 0.25) is 0 Å². The number of benzene rings is 1. The summed E-state index contributed by atoms with van der Waals surface area (Å²) in [5, 5.41) is 2.92. The maximum absolute atomic E-state index is 12.8. The number of anilines is 1. The first-order chi connectivity index (χ1) is 14.8. The Bertz CT molecular complexity index is 902. The van der Waals surface area contributed by atoms with E-state index in [0.29, 0.717) is 45.4 Å². The van der Waals surface area contributed by atoms with Crippen LogP contribution in [0.4, 0.5) is 5.69 Å². The molecule has 31 heavy (non-hydrogen) atoms. The summed E-state index contributed by atoms with van der Waals surface area (Å²) >= 11 is 0. The van der Waals surface area contributed by atoms with E-state index in [1.807, 2.05) is 23.1 Å². The van der Waals surface area contributed by atoms with Gasteiger partial charge >= 0.3 is 0 Å². The summed E-state index contributed by atoms with van der Waals surface area (Å²) in [6.45, 7) is 4.06. The number of hydrogen-bond acceptors (Lipinski definition) is 6. The summed E-state index contributed by atoms with van der Waals surface area (Å²) < 4.78 is 25.8. The van der Waals surface area contributed by atoms with E-state index in [1.54, 1.807) is 0 Å². The second-order valence-electron chi connectivity index (χ2n) is 8.68. The third-order valence-electron chi connectivity index (χ3n) is 6.45. The van der Waals surface area contributed by atoms with Crippen LogP contribution in [0.5, 0.6) is 0 Å². The minimum Gasteiger partial charge on any atom is -0.368 e. The summed E-state index contributed by atoms with van der Waals surface area (Å²) in [4.78, 5) is 31.4. The fourth-order valence-corrected chi connectivity index (χ4v) is 5.71. The Morgan fingerprint density at radius 1 is 1.16 bits per heavy atom. The van der Waals surface area contributed by atoms with Crippen molar-refractivity contribution >= 4 is 27.5 Å². The molecule has 4 rings (SSSR count). The smallest absolute Gasteiger partial charge is 0.237 e. The molecule has 2 N–H and O–H groups in total. The Labute approximate surface area is 183 Å². The Kier molecular flexibility index (Phi) is 6.49. The Morgan fingerprint density at radius 3 is 2.55 bits per heavy atom. The Balaban J connectivity index is 1.28. The van der Waals surface area contributed by atoms with E-state index in [0.717, 1.165) is 19.3 Å². The first kappa shape index (κ1) is 22.0. The van der Waals surface area contributed by atoms with Crippen molar-refractivity contribution in [2.24, 2.45) is 0 Å². The molecule has 2 amide bonds. The third kappa shape index (κ3) is 5.36. The quantitative estimate of drug-likeness (QED) is 0.613. The maximum atomic E-state index is 12.8. The van der Waals surface area contributed by atoms with E-state index in [2.05, 4.69) is 32.0 Å². The Morgan fingerprint density at radius 2 is 1.87 bits per heavy atom. The number of nitrogens with one attached hydrogen (secondary N) is 2. The van der Waals surface area contributed by atoms with Gasteiger partial charge in [0.2, 0.25) is 21.8 Å². The molecule has 3 fully saturated rings. The molecule has 0 aliphatic carbocycles. The molecule has 1 aromatic carbocycles. The predicted octanol–water partition coefficient (Wildman–Crippen LogP) is -0.394. The van der Waals surface area contributed by atoms with Gasteiger partial charge in [0.05, 0.1) is 12.3 Å². The Hall–Kier alpha value is -2.17. The van der Waals surface area contributed by atoms with Crippen LogP contribution in [0.25, 0.3) is 0 Å². The molecule has 9 nitrogen and oxygen atoms in total. The lowest BCUT2D eigenvalue weighted by Gasteiger charge is -2.38. The fraction of sp³-hybridized carbons (Fsp3) is 0.619. The van der Waals surface area contributed by atoms with Gasteiger partial charge in [-0.3, -0.25) is 14.5 Å². The van der Waals surface area contributed by atoms with Crippen molar-refractivity contribution in [1.82, 2.24) is 19.8 Å². The van der Waals surface area contributed by atoms with Gasteiger partial charge in [0.1, 0.15) is 0 Å². The van der Waals surface area contributed by atoms with Gasteiger partial charge in [0.15, 0.2) is 0 Å². The highest BCUT2D eigenvalue weighted by atomic mass is 32.2. The molecule has 0 saturated carbocycles. The molecule has 0 radical (unpaired) electrons. The molecule has 170 valence electrons. The van der Waals surface area contributed by atoms with Crippen molar-refractivity contribution in [2.75, 3.05) is 50.4 Å². The molecule has 10 heteroatoms. The van der Waals surface area contributed by atoms with Crippen molar-refractivity contribution in [1.29, 1.82) is 0 Å². The standard InChI is InChI=1S/C21H31N5O4S/c1-31(29,30)23-16-13-19-21(28)22-14-18(26(19)15-16)7-8-20(27)25-11-9-24(10-12-25)17-5-3-2-4-6-17/h2-6,16,18-19,23H,7-15H2,1H3,(H,22,28)/t16-,18+,19-/m0/s1. The molecule has 0 bridgehead atoms. The van der Waals surface area contributed by atoms with Crippen molar-refractivity contribution < 1.29 is 18.0 Å². The van der Waals surface area contributed by atoms with E-state index in [4.69, 9.17) is 0 Å². The molecule has 3 saturated heterocycles. The first-order valence-electron chi connectivity index (χ1n) is 10.9. The minimum atomic E-state index is -3.32. The van der Waals surface area contributed by atoms with Gasteiger partial charge in [0, 0.05) is 63.5 Å². The van der Waals surface area contributed by atoms with E-state index in [9.17, 15) is 18.0 Å². The molecular weight excluding hydrogens is 418 g/mol. The lowest BCUT2D eigenvalue weighted by molar-refractivity contribution is -0.132. The number of carbonyl (C=O) groups is 2. The van der Waals surface area contributed by atoms with Crippen molar-refractivity contribution in [3.63, 3.8) is 0 Å². The van der Waals surface area contributed by atoms with Gasteiger partial charge in [-0.15, -0.1) is 0 Å². The van der Waals surface area contributed by atoms with Crippen LogP contribution in [0.3, 0.4) is 0 Å². The number of fused-ring (bicyclic) bond motifs is 1. The highest BCUT2D eigenvalue weighted by Gasteiger charge is 2.44. The number of piperazine rings is 2. The molecular formula is C21H31N5O4S. The van der Waals surface area contributed by atoms with Crippen LogP contribution in [-0.4, -0.2) is 93.7 Å². The van der Waals surface area contributed by atoms with E-state index >= 15 is 0 Å². The first-order valence-corrected chi connectivity index (χ1v) is 12.8. The maximum Gasteiger partial charge on any atom is 0.237 e. The number of sulfonamides is 1. The van der Waals surface area contributed by atoms with E-state index in [1.165, 1.54) is 5.69 Å². The molecule has 0 spiro atoms. The van der Waals surface area contributed by atoms with Gasteiger partial charge in [-0.2, -0.15) is 0 Å². The lowest BCUT2D eigenvalue weighted by Crippen LogP contribution is -2.58. The van der Waals surface area contributed by atoms with Crippen LogP contribution in [0.1, 0.15) is 19.3 Å². The largest absolute Gasteiger partial charge is 0.368 e. The molecule has 3 aliphatic heterocycles. The molecule has 3 heterocycles. The van der Waals surface area contributed by atoms with Gasteiger partial charge in [-0.25, -0.2) is 13.1 Å². The van der Waals surface area contributed by atoms with Crippen LogP contribution in [-0.2, 0) is 19.6 Å². The van der Waals surface area contributed by atoms with E-state index in [-0.39, 0.29) is 29.9 Å². The predicted molar refractivity (Wildman–Crippen MR) is 118 cm³/mol. The van der Waals surface area contributed by atoms with Crippen molar-refractivity contribution in [3.05, 3.63) is 30.3 Å². The van der Waals surface area contributed by atoms with Crippen LogP contribution < -0.4 is 14.9 Å². The van der Waals surface area contributed by atoms with Crippen molar-refractivity contribution in [3.8, 4) is 0 Å². The third-order valence-corrected chi connectivity index (χ3v) is 7.21. The van der Waals surface area contributed by atoms with Gasteiger partial charge in [-0.05, 0) is 25.0 Å². The number of amides is 2. The average molecular weight is 450 g/mol. The molecule has 3 atom stereocenters. The molecule has 0 unspecified atom stereocenters. The van der Waals surface area contributed by atoms with Crippen LogP contribution in [0.15, 0.2) is 30.3 Å². The zero-order chi connectivity index (χ0) is 22.0. The summed E-state index contributed by atoms with van der Waals surface area (Å²) in [7, 11) is -3.32. The summed E-state index contributed by atoms with van der Waals surface area (Å²) in [5.74, 6) is 0.0866. The molecule has 1 aromatic rings. The highest BCUT2D eigenvalue weighted by Crippen LogP contribution is 2.26. The van der Waals surface area contributed by atoms with Crippen LogP contribution in [0, 0.1) is 0 Å². The lowest BCUT2D eigenvalue weighted by atomic mass is 10.0. The zero-order valence-corrected chi connectivity index (χ0v) is 18.7. The SMILES string of the molecule is CS(=O)(=O)N[C@H]1C[C@H]2C(=O)NC[C@@H](CCC(=O)N3CCN(c4ccccc4)CC3)N2C1. The molecule has 0 aromatic heterocycles. The number of hydrogen-bond donors (Lipinski definition) is 2. The summed E-state index contributed by atoms with van der Waals surface area (Å²) in [6.07, 6.45) is 2.68. The van der Waals surface area contributed by atoms with Gasteiger partial charge < -0.3 is 15.1 Å². The normalized spacial score (nSPS) is 27.1. The van der Waals surface area contributed by atoms with Gasteiger partial charge in [-0.1, -0.05) is 18.2 Å². The van der Waals surface area contributed by atoms with E-state index < -0.39 is 10.0 Å². The summed E-state index contributed by atoms with van der Waals surface area (Å²) in [5.41, 5.74) is 1.19. The number of nitrogens with zero attached hydrogens (tertiary/aromatic N) is 3. The fourth-order valence-electron chi connectivity index (χ4n) is 4.93. The average Bonchev–Trinajstić information content (AvgIpc) is 3.17. The second kappa shape index (κ2) is 9.13. The summed E-state index contributed by atoms with van der Waals surface area (Å²) in [6, 6.07) is 9.68.